The Hall–Kier alpha value is -1.30. The molecular formula is C22H27Cl6N7O2. The van der Waals surface area contributed by atoms with E-state index < -0.39 is 19.9 Å². The van der Waals surface area contributed by atoms with Gasteiger partial charge in [0.1, 0.15) is 12.3 Å². The number of halogens is 6. The summed E-state index contributed by atoms with van der Waals surface area (Å²) in [6.07, 6.45) is -0.613. The number of nitrogens with zero attached hydrogens (tertiary/aromatic N) is 4. The van der Waals surface area contributed by atoms with Gasteiger partial charge in [-0.2, -0.15) is 0 Å². The number of carbonyl (C=O) groups is 2. The lowest BCUT2D eigenvalue weighted by Gasteiger charge is -2.44. The Morgan fingerprint density at radius 1 is 0.784 bits per heavy atom. The molecule has 37 heavy (non-hydrogen) atoms. The third kappa shape index (κ3) is 10.8. The predicted molar refractivity (Wildman–Crippen MR) is 151 cm³/mol. The van der Waals surface area contributed by atoms with E-state index in [1.807, 2.05) is 50.2 Å². The summed E-state index contributed by atoms with van der Waals surface area (Å²) >= 11 is 35.2. The highest BCUT2D eigenvalue weighted by Gasteiger charge is 2.42. The lowest BCUT2D eigenvalue weighted by atomic mass is 10.2. The number of anilines is 2. The average Bonchev–Trinajstić information content (AvgIpc) is 2.80. The fourth-order valence-electron chi connectivity index (χ4n) is 3.63. The van der Waals surface area contributed by atoms with Gasteiger partial charge in [0.2, 0.25) is 26.4 Å². The molecule has 0 saturated carbocycles. The van der Waals surface area contributed by atoms with Crippen LogP contribution in [-0.4, -0.2) is 78.7 Å². The molecule has 15 heteroatoms. The van der Waals surface area contributed by atoms with Crippen LogP contribution in [0, 0.1) is 13.8 Å². The van der Waals surface area contributed by atoms with Crippen molar-refractivity contribution in [3.63, 3.8) is 0 Å². The van der Waals surface area contributed by atoms with Crippen LogP contribution in [0.3, 0.4) is 0 Å². The van der Waals surface area contributed by atoms with Gasteiger partial charge in [0, 0.05) is 43.3 Å². The fraction of sp³-hybridized carbons (Fsp3) is 0.455. The second-order valence-corrected chi connectivity index (χ2v) is 12.7. The summed E-state index contributed by atoms with van der Waals surface area (Å²) in [4.78, 5) is 33.5. The molecule has 0 aliphatic carbocycles. The molecule has 1 aromatic carbocycles. The van der Waals surface area contributed by atoms with Crippen molar-refractivity contribution in [1.29, 1.82) is 0 Å². The predicted octanol–water partition coefficient (Wildman–Crippen LogP) is 4.33. The molecule has 0 spiro atoms. The topological polar surface area (TPSA) is 102 Å². The molecular weight excluding hydrogens is 607 g/mol. The van der Waals surface area contributed by atoms with Crippen LogP contribution < -0.4 is 16.0 Å². The summed E-state index contributed by atoms with van der Waals surface area (Å²) in [7, 11) is 0. The first-order valence-corrected chi connectivity index (χ1v) is 13.3. The zero-order valence-electron chi connectivity index (χ0n) is 20.0. The maximum Gasteiger partial charge on any atom is 0.227 e. The number of piperazine rings is 1. The number of carbonyl (C=O) groups excluding carboxylic acids is 2. The van der Waals surface area contributed by atoms with Crippen molar-refractivity contribution in [2.45, 2.75) is 33.8 Å². The van der Waals surface area contributed by atoms with Gasteiger partial charge in [-0.25, -0.2) is 9.97 Å². The fourth-order valence-corrected chi connectivity index (χ4v) is 4.83. The molecule has 1 saturated heterocycles. The number of rotatable bonds is 8. The molecule has 1 aromatic heterocycles. The summed E-state index contributed by atoms with van der Waals surface area (Å²) < 4.78 is -3.36. The summed E-state index contributed by atoms with van der Waals surface area (Å²) in [5, 5.41) is 8.11. The van der Waals surface area contributed by atoms with E-state index in [-0.39, 0.29) is 0 Å². The Bertz CT molecular complexity index is 943. The van der Waals surface area contributed by atoms with Gasteiger partial charge < -0.3 is 16.0 Å². The number of benzene rings is 1. The van der Waals surface area contributed by atoms with Crippen molar-refractivity contribution in [2.24, 2.45) is 0 Å². The summed E-state index contributed by atoms with van der Waals surface area (Å²) in [6, 6.07) is 11.9. The molecule has 1 aliphatic heterocycles. The van der Waals surface area contributed by atoms with Crippen molar-refractivity contribution in [2.75, 3.05) is 31.5 Å². The summed E-state index contributed by atoms with van der Waals surface area (Å²) in [6.45, 7) is 5.69. The molecule has 2 heterocycles. The zero-order chi connectivity index (χ0) is 27.6. The maximum atomic E-state index is 10.7. The van der Waals surface area contributed by atoms with Crippen molar-refractivity contribution >= 4 is 94.1 Å². The molecule has 2 aromatic rings. The standard InChI is InChI=1S/C12H13N3.C10H14Cl6N4O2/c1-9-8-10(2)14-12(13-9)15-11-6-4-3-5-7-11;11-9(12,13)7(17-5-21)19-1-2-20(4-3-19)8(18-6-22)10(14,15)16/h3-8H,1-2H3,(H,13,14,15);5-8H,1-4H2,(H,17,21)(H,18,22). The monoisotopic (exact) mass is 631 g/mol. The van der Waals surface area contributed by atoms with Crippen LogP contribution in [0.1, 0.15) is 11.4 Å². The number of hydrogen-bond donors (Lipinski definition) is 3. The van der Waals surface area contributed by atoms with Crippen LogP contribution in [0.5, 0.6) is 0 Å². The molecule has 3 rings (SSSR count). The quantitative estimate of drug-likeness (QED) is 0.294. The number of amides is 2. The minimum absolute atomic E-state index is 0.442. The lowest BCUT2D eigenvalue weighted by molar-refractivity contribution is -0.113. The maximum absolute atomic E-state index is 10.7. The van der Waals surface area contributed by atoms with Gasteiger partial charge >= 0.3 is 0 Å². The van der Waals surface area contributed by atoms with Crippen LogP contribution in [0.25, 0.3) is 0 Å². The van der Waals surface area contributed by atoms with Crippen LogP contribution in [0.15, 0.2) is 36.4 Å². The Morgan fingerprint density at radius 3 is 1.54 bits per heavy atom. The normalized spacial score (nSPS) is 16.5. The van der Waals surface area contributed by atoms with E-state index in [4.69, 9.17) is 69.6 Å². The molecule has 1 aliphatic rings. The van der Waals surface area contributed by atoms with E-state index in [0.29, 0.717) is 44.9 Å². The van der Waals surface area contributed by atoms with Crippen molar-refractivity contribution in [1.82, 2.24) is 30.4 Å². The first kappa shape index (κ1) is 31.9. The number of alkyl halides is 6. The summed E-state index contributed by atoms with van der Waals surface area (Å²) in [5.74, 6) is 0.652. The molecule has 1 fully saturated rings. The molecule has 204 valence electrons. The molecule has 0 radical (unpaired) electrons. The van der Waals surface area contributed by atoms with Gasteiger partial charge in [0.25, 0.3) is 0 Å². The van der Waals surface area contributed by atoms with Crippen LogP contribution in [-0.2, 0) is 9.59 Å². The highest BCUT2D eigenvalue weighted by atomic mass is 35.6. The van der Waals surface area contributed by atoms with E-state index >= 15 is 0 Å². The highest BCUT2D eigenvalue weighted by Crippen LogP contribution is 2.35. The van der Waals surface area contributed by atoms with Crippen LogP contribution in [0.4, 0.5) is 11.6 Å². The van der Waals surface area contributed by atoms with E-state index in [9.17, 15) is 9.59 Å². The number of aryl methyl sites for hydroxylation is 2. The Balaban J connectivity index is 0.000000278. The van der Waals surface area contributed by atoms with E-state index in [1.54, 1.807) is 9.80 Å². The van der Waals surface area contributed by atoms with Gasteiger partial charge in [-0.05, 0) is 32.0 Å². The van der Waals surface area contributed by atoms with Gasteiger partial charge in [0.15, 0.2) is 0 Å². The second kappa shape index (κ2) is 14.7. The lowest BCUT2D eigenvalue weighted by Crippen LogP contribution is -2.63. The minimum Gasteiger partial charge on any atom is -0.339 e. The van der Waals surface area contributed by atoms with E-state index in [2.05, 4.69) is 25.9 Å². The largest absolute Gasteiger partial charge is 0.339 e. The first-order valence-electron chi connectivity index (χ1n) is 11.0. The molecule has 2 unspecified atom stereocenters. The molecule has 3 N–H and O–H groups in total. The molecule has 0 bridgehead atoms. The molecule has 2 amide bonds. The van der Waals surface area contributed by atoms with Crippen molar-refractivity contribution in [3.8, 4) is 0 Å². The summed E-state index contributed by atoms with van der Waals surface area (Å²) in [5.41, 5.74) is 2.95. The third-order valence-electron chi connectivity index (χ3n) is 5.16. The van der Waals surface area contributed by atoms with Gasteiger partial charge in [-0.1, -0.05) is 87.8 Å². The highest BCUT2D eigenvalue weighted by molar-refractivity contribution is 6.68. The Kier molecular flexibility index (Phi) is 12.7. The Morgan fingerprint density at radius 2 is 1.19 bits per heavy atom. The van der Waals surface area contributed by atoms with Gasteiger partial charge in [0.05, 0.1) is 0 Å². The zero-order valence-corrected chi connectivity index (χ0v) is 24.5. The number of aromatic nitrogens is 2. The van der Waals surface area contributed by atoms with Crippen LogP contribution >= 0.6 is 69.6 Å². The second-order valence-electron chi connectivity index (χ2n) is 7.99. The van der Waals surface area contributed by atoms with Crippen molar-refractivity contribution in [3.05, 3.63) is 47.8 Å². The van der Waals surface area contributed by atoms with Gasteiger partial charge in [-0.15, -0.1) is 0 Å². The van der Waals surface area contributed by atoms with Crippen LogP contribution in [0.2, 0.25) is 0 Å². The number of para-hydroxylation sites is 1. The number of hydrogen-bond acceptors (Lipinski definition) is 7. The third-order valence-corrected chi connectivity index (χ3v) is 6.40. The minimum atomic E-state index is -1.68. The molecule has 9 nitrogen and oxygen atoms in total. The smallest absolute Gasteiger partial charge is 0.227 e. The molecule has 2 atom stereocenters. The average molecular weight is 634 g/mol. The van der Waals surface area contributed by atoms with E-state index in [0.717, 1.165) is 17.1 Å². The number of nitrogens with one attached hydrogen (secondary N) is 3. The van der Waals surface area contributed by atoms with Gasteiger partial charge in [-0.3, -0.25) is 19.4 Å². The van der Waals surface area contributed by atoms with E-state index in [1.165, 1.54) is 0 Å². The first-order chi connectivity index (χ1) is 17.3. The van der Waals surface area contributed by atoms with Crippen molar-refractivity contribution < 1.29 is 9.59 Å². The Labute approximate surface area is 246 Å². The SMILES string of the molecule is Cc1cc(C)nc(Nc2ccccc2)n1.O=CNC(N1CCN(C(NC=O)C(Cl)(Cl)Cl)CC1)C(Cl)(Cl)Cl.